The summed E-state index contributed by atoms with van der Waals surface area (Å²) in [5.74, 6) is 0.277. The molecule has 2 aromatic carbocycles. The molecule has 0 spiro atoms. The molecule has 2 nitrogen and oxygen atoms in total. The van der Waals surface area contributed by atoms with E-state index in [1.165, 1.54) is 21.9 Å². The summed E-state index contributed by atoms with van der Waals surface area (Å²) in [6.07, 6.45) is 1.62. The van der Waals surface area contributed by atoms with Gasteiger partial charge < -0.3 is 9.69 Å². The molecule has 2 heteroatoms. The topological polar surface area (TPSA) is 20.3 Å². The molecule has 2 aromatic rings. The summed E-state index contributed by atoms with van der Waals surface area (Å²) in [5, 5.41) is 2.60. The van der Waals surface area contributed by atoms with Crippen LogP contribution in [0.4, 0.5) is 0 Å². The van der Waals surface area contributed by atoms with E-state index < -0.39 is 0 Å². The van der Waals surface area contributed by atoms with Crippen molar-refractivity contribution < 1.29 is 4.79 Å². The van der Waals surface area contributed by atoms with Gasteiger partial charge in [0.2, 0.25) is 0 Å². The van der Waals surface area contributed by atoms with Crippen molar-refractivity contribution >= 4 is 16.6 Å². The zero-order chi connectivity index (χ0) is 14.5. The van der Waals surface area contributed by atoms with E-state index in [9.17, 15) is 4.79 Å². The summed E-state index contributed by atoms with van der Waals surface area (Å²) >= 11 is 0. The van der Waals surface area contributed by atoms with Crippen LogP contribution in [0.3, 0.4) is 0 Å². The van der Waals surface area contributed by atoms with Crippen LogP contribution >= 0.6 is 0 Å². The van der Waals surface area contributed by atoms with Crippen LogP contribution in [-0.2, 0) is 11.3 Å². The Morgan fingerprint density at radius 1 is 1.10 bits per heavy atom. The second kappa shape index (κ2) is 6.67. The number of hydrogen-bond acceptors (Lipinski definition) is 2. The molecular weight excluding hydrogens is 246 g/mol. The van der Waals surface area contributed by atoms with Gasteiger partial charge in [-0.15, -0.1) is 0 Å². The highest BCUT2D eigenvalue weighted by Crippen LogP contribution is 2.18. The highest BCUT2D eigenvalue weighted by Gasteiger charge is 2.03. The number of aryl methyl sites for hydroxylation is 1. The smallest absolute Gasteiger partial charge is 0.129 e. The highest BCUT2D eigenvalue weighted by molar-refractivity contribution is 5.83. The molecule has 0 radical (unpaired) electrons. The van der Waals surface area contributed by atoms with Gasteiger partial charge in [0.15, 0.2) is 0 Å². The van der Waals surface area contributed by atoms with Gasteiger partial charge in [-0.05, 0) is 56.3 Å². The third-order valence-electron chi connectivity index (χ3n) is 3.58. The van der Waals surface area contributed by atoms with Crippen LogP contribution < -0.4 is 0 Å². The summed E-state index contributed by atoms with van der Waals surface area (Å²) in [7, 11) is 2.11. The number of benzene rings is 2. The van der Waals surface area contributed by atoms with E-state index in [1.807, 2.05) is 0 Å². The predicted octanol–water partition coefficient (Wildman–Crippen LogP) is 3.95. The zero-order valence-electron chi connectivity index (χ0n) is 12.6. The largest absolute Gasteiger partial charge is 0.302 e. The van der Waals surface area contributed by atoms with E-state index >= 15 is 0 Å². The maximum Gasteiger partial charge on any atom is 0.129 e. The van der Waals surface area contributed by atoms with Gasteiger partial charge >= 0.3 is 0 Å². The van der Waals surface area contributed by atoms with Crippen molar-refractivity contribution in [1.82, 2.24) is 4.90 Å². The summed E-state index contributed by atoms with van der Waals surface area (Å²) in [6.45, 7) is 5.68. The van der Waals surface area contributed by atoms with Crippen LogP contribution in [0.1, 0.15) is 30.9 Å². The molecule has 0 aromatic heterocycles. The molecule has 0 heterocycles. The number of nitrogens with zero attached hydrogens (tertiary/aromatic N) is 1. The first-order valence-corrected chi connectivity index (χ1v) is 7.22. The monoisotopic (exact) mass is 269 g/mol. The first-order valence-electron chi connectivity index (χ1n) is 7.22. The van der Waals surface area contributed by atoms with E-state index in [-0.39, 0.29) is 5.78 Å². The van der Waals surface area contributed by atoms with Gasteiger partial charge in [0, 0.05) is 13.0 Å². The highest BCUT2D eigenvalue weighted by atomic mass is 16.1. The van der Waals surface area contributed by atoms with Crippen molar-refractivity contribution in [2.75, 3.05) is 13.6 Å². The van der Waals surface area contributed by atoms with Crippen molar-refractivity contribution in [2.24, 2.45) is 0 Å². The van der Waals surface area contributed by atoms with Crippen molar-refractivity contribution in [2.45, 2.75) is 33.2 Å². The van der Waals surface area contributed by atoms with E-state index in [4.69, 9.17) is 0 Å². The van der Waals surface area contributed by atoms with Crippen LogP contribution in [0.15, 0.2) is 36.4 Å². The van der Waals surface area contributed by atoms with Gasteiger partial charge in [0.1, 0.15) is 5.78 Å². The normalized spacial score (nSPS) is 11.2. The van der Waals surface area contributed by atoms with E-state index in [0.29, 0.717) is 6.42 Å². The molecule has 0 atom stereocenters. The Morgan fingerprint density at radius 3 is 2.55 bits per heavy atom. The van der Waals surface area contributed by atoms with Crippen LogP contribution in [0.25, 0.3) is 10.8 Å². The minimum Gasteiger partial charge on any atom is -0.302 e. The summed E-state index contributed by atoms with van der Waals surface area (Å²) in [6, 6.07) is 13.2. The lowest BCUT2D eigenvalue weighted by Crippen LogP contribution is -2.19. The lowest BCUT2D eigenvalue weighted by atomic mass is 10.0. The third kappa shape index (κ3) is 4.17. The van der Waals surface area contributed by atoms with E-state index in [2.05, 4.69) is 55.3 Å². The Kier molecular flexibility index (Phi) is 4.91. The Bertz CT molecular complexity index is 603. The second-order valence-electron chi connectivity index (χ2n) is 5.73. The minimum absolute atomic E-state index is 0.277. The fourth-order valence-electron chi connectivity index (χ4n) is 2.50. The zero-order valence-corrected chi connectivity index (χ0v) is 12.6. The molecule has 0 saturated carbocycles. The lowest BCUT2D eigenvalue weighted by molar-refractivity contribution is -0.117. The van der Waals surface area contributed by atoms with Gasteiger partial charge in [-0.3, -0.25) is 0 Å². The molecule has 0 bridgehead atoms. The van der Waals surface area contributed by atoms with Crippen LogP contribution in [-0.4, -0.2) is 24.3 Å². The molecule has 0 aliphatic heterocycles. The maximum absolute atomic E-state index is 10.9. The van der Waals surface area contributed by atoms with Crippen LogP contribution in [0, 0.1) is 6.92 Å². The number of fused-ring (bicyclic) bond motifs is 1. The Labute approximate surface area is 121 Å². The lowest BCUT2D eigenvalue weighted by Gasteiger charge is -2.16. The minimum atomic E-state index is 0.277. The molecule has 0 unspecified atom stereocenters. The molecule has 0 amide bonds. The average Bonchev–Trinajstić information content (AvgIpc) is 2.38. The fraction of sp³-hybridized carbons (Fsp3) is 0.389. The quantitative estimate of drug-likeness (QED) is 0.791. The summed E-state index contributed by atoms with van der Waals surface area (Å²) in [5.41, 5.74) is 2.62. The summed E-state index contributed by atoms with van der Waals surface area (Å²) in [4.78, 5) is 13.2. The van der Waals surface area contributed by atoms with Crippen molar-refractivity contribution in [3.05, 3.63) is 47.5 Å². The third-order valence-corrected chi connectivity index (χ3v) is 3.58. The first-order chi connectivity index (χ1) is 9.54. The first kappa shape index (κ1) is 14.7. The maximum atomic E-state index is 10.9. The van der Waals surface area contributed by atoms with Gasteiger partial charge in [0.05, 0.1) is 0 Å². The fourth-order valence-corrected chi connectivity index (χ4v) is 2.50. The predicted molar refractivity (Wildman–Crippen MR) is 84.9 cm³/mol. The number of carbonyl (C=O) groups excluding carboxylic acids is 1. The molecule has 0 aliphatic rings. The molecule has 0 fully saturated rings. The molecular formula is C18H23NO. The molecule has 0 aliphatic carbocycles. The van der Waals surface area contributed by atoms with E-state index in [0.717, 1.165) is 19.5 Å². The second-order valence-corrected chi connectivity index (χ2v) is 5.73. The molecule has 0 saturated heterocycles. The number of rotatable bonds is 6. The number of ketones is 1. The number of carbonyl (C=O) groups is 1. The Morgan fingerprint density at radius 2 is 1.80 bits per heavy atom. The SMILES string of the molecule is CC(=O)CCCN(C)Cc1ccc2cc(C)ccc2c1. The number of hydrogen-bond donors (Lipinski definition) is 0. The molecule has 20 heavy (non-hydrogen) atoms. The standard InChI is InChI=1S/C18H23NO/c1-14-6-8-18-12-16(7-9-17(18)11-14)13-19(3)10-4-5-15(2)20/h6-9,11-12H,4-5,10,13H2,1-3H3. The van der Waals surface area contributed by atoms with Gasteiger partial charge in [-0.2, -0.15) is 0 Å². The molecule has 0 N–H and O–H groups in total. The van der Waals surface area contributed by atoms with Gasteiger partial charge in [-0.1, -0.05) is 35.9 Å². The van der Waals surface area contributed by atoms with Crippen molar-refractivity contribution in [3.63, 3.8) is 0 Å². The van der Waals surface area contributed by atoms with Crippen molar-refractivity contribution in [1.29, 1.82) is 0 Å². The van der Waals surface area contributed by atoms with Gasteiger partial charge in [0.25, 0.3) is 0 Å². The molecule has 106 valence electrons. The van der Waals surface area contributed by atoms with Gasteiger partial charge in [-0.25, -0.2) is 0 Å². The van der Waals surface area contributed by atoms with E-state index in [1.54, 1.807) is 6.92 Å². The Hall–Kier alpha value is -1.67. The summed E-state index contributed by atoms with van der Waals surface area (Å²) < 4.78 is 0. The molecule has 2 rings (SSSR count). The van der Waals surface area contributed by atoms with Crippen LogP contribution in [0.2, 0.25) is 0 Å². The average molecular weight is 269 g/mol. The Balaban J connectivity index is 1.99. The van der Waals surface area contributed by atoms with Crippen molar-refractivity contribution in [3.8, 4) is 0 Å². The van der Waals surface area contributed by atoms with Crippen LogP contribution in [0.5, 0.6) is 0 Å². The number of Topliss-reactive ketones (excluding diaryl/α,β-unsaturated/α-hetero) is 1.